The summed E-state index contributed by atoms with van der Waals surface area (Å²) in [5.41, 5.74) is 0.916. The number of halogens is 1. The lowest BCUT2D eigenvalue weighted by Crippen LogP contribution is -2.24. The molecule has 0 aliphatic heterocycles. The van der Waals surface area contributed by atoms with Crippen LogP contribution in [0.4, 0.5) is 0 Å². The normalized spacial score (nSPS) is 9.73. The van der Waals surface area contributed by atoms with Gasteiger partial charge in [-0.3, -0.25) is 9.59 Å². The molecular formula is C11H12ClNO2. The molecule has 0 aliphatic carbocycles. The first kappa shape index (κ1) is 11.7. The molecule has 1 aromatic rings. The Kier molecular flexibility index (Phi) is 4.31. The van der Waals surface area contributed by atoms with Crippen molar-refractivity contribution >= 4 is 23.3 Å². The van der Waals surface area contributed by atoms with Crippen LogP contribution in [0.1, 0.15) is 18.9 Å². The maximum Gasteiger partial charge on any atom is 0.227 e. The number of Topliss-reactive ketones (excluding diaryl/α,β-unsaturated/α-hetero) is 1. The molecule has 3 nitrogen and oxygen atoms in total. The molecule has 0 aliphatic rings. The Morgan fingerprint density at radius 2 is 2.13 bits per heavy atom. The lowest BCUT2D eigenvalue weighted by molar-refractivity contribution is -0.127. The third kappa shape index (κ3) is 4.61. The van der Waals surface area contributed by atoms with Crippen molar-refractivity contribution in [2.24, 2.45) is 0 Å². The summed E-state index contributed by atoms with van der Waals surface area (Å²) in [5.74, 6) is -0.402. The molecule has 0 atom stereocenters. The van der Waals surface area contributed by atoms with E-state index in [1.807, 2.05) is 12.1 Å². The molecule has 1 rings (SSSR count). The third-order valence-electron chi connectivity index (χ3n) is 1.79. The number of hydrogen-bond acceptors (Lipinski definition) is 2. The molecule has 0 saturated heterocycles. The van der Waals surface area contributed by atoms with Gasteiger partial charge in [-0.1, -0.05) is 23.7 Å². The molecule has 0 heterocycles. The minimum absolute atomic E-state index is 0.0689. The predicted octanol–water partition coefficient (Wildman–Crippen LogP) is 1.94. The van der Waals surface area contributed by atoms with E-state index in [1.54, 1.807) is 12.1 Å². The summed E-state index contributed by atoms with van der Waals surface area (Å²) < 4.78 is 0. The highest BCUT2D eigenvalue weighted by Gasteiger charge is 2.04. The molecule has 0 fully saturated rings. The Hall–Kier alpha value is -1.35. The largest absolute Gasteiger partial charge is 0.352 e. The Labute approximate surface area is 93.4 Å². The van der Waals surface area contributed by atoms with Gasteiger partial charge in [-0.15, -0.1) is 0 Å². The van der Waals surface area contributed by atoms with Gasteiger partial charge in [0.1, 0.15) is 5.78 Å². The fourth-order valence-corrected chi connectivity index (χ4v) is 1.35. The molecule has 1 aromatic carbocycles. The van der Waals surface area contributed by atoms with Crippen LogP contribution in [0, 0.1) is 0 Å². The van der Waals surface area contributed by atoms with Crippen LogP contribution in [0.15, 0.2) is 24.3 Å². The molecule has 0 radical (unpaired) electrons. The number of benzene rings is 1. The summed E-state index contributed by atoms with van der Waals surface area (Å²) in [6.07, 6.45) is -0.0689. The second-order valence-electron chi connectivity index (χ2n) is 3.29. The van der Waals surface area contributed by atoms with Crippen molar-refractivity contribution in [3.8, 4) is 0 Å². The van der Waals surface area contributed by atoms with Crippen molar-refractivity contribution in [2.75, 3.05) is 0 Å². The summed E-state index contributed by atoms with van der Waals surface area (Å²) in [7, 11) is 0. The summed E-state index contributed by atoms with van der Waals surface area (Å²) in [6, 6.07) is 7.22. The highest BCUT2D eigenvalue weighted by molar-refractivity contribution is 6.30. The summed E-state index contributed by atoms with van der Waals surface area (Å²) in [5, 5.41) is 3.27. The number of carbonyl (C=O) groups is 2. The predicted molar refractivity (Wildman–Crippen MR) is 58.6 cm³/mol. The minimum atomic E-state index is -0.262. The highest BCUT2D eigenvalue weighted by Crippen LogP contribution is 2.10. The monoisotopic (exact) mass is 225 g/mol. The van der Waals surface area contributed by atoms with Crippen LogP contribution in [-0.2, 0) is 16.1 Å². The quantitative estimate of drug-likeness (QED) is 0.796. The van der Waals surface area contributed by atoms with E-state index in [0.29, 0.717) is 11.6 Å². The minimum Gasteiger partial charge on any atom is -0.352 e. The maximum atomic E-state index is 11.1. The Morgan fingerprint density at radius 1 is 1.40 bits per heavy atom. The molecule has 0 bridgehead atoms. The molecule has 0 aromatic heterocycles. The van der Waals surface area contributed by atoms with E-state index >= 15 is 0 Å². The smallest absolute Gasteiger partial charge is 0.227 e. The van der Waals surface area contributed by atoms with Crippen molar-refractivity contribution in [2.45, 2.75) is 19.9 Å². The second kappa shape index (κ2) is 5.51. The molecule has 1 N–H and O–H groups in total. The van der Waals surface area contributed by atoms with Gasteiger partial charge < -0.3 is 5.32 Å². The maximum absolute atomic E-state index is 11.1. The van der Waals surface area contributed by atoms with Crippen molar-refractivity contribution < 1.29 is 9.59 Å². The number of rotatable bonds is 4. The van der Waals surface area contributed by atoms with Crippen LogP contribution >= 0.6 is 11.6 Å². The number of hydrogen-bond donors (Lipinski definition) is 1. The first-order valence-electron chi connectivity index (χ1n) is 4.58. The molecule has 0 saturated carbocycles. The van der Waals surface area contributed by atoms with Crippen LogP contribution in [0.25, 0.3) is 0 Å². The molecule has 80 valence electrons. The van der Waals surface area contributed by atoms with Gasteiger partial charge in [0.15, 0.2) is 0 Å². The van der Waals surface area contributed by atoms with Gasteiger partial charge in [0.2, 0.25) is 5.91 Å². The summed E-state index contributed by atoms with van der Waals surface area (Å²) in [4.78, 5) is 21.8. The molecule has 4 heteroatoms. The molecule has 15 heavy (non-hydrogen) atoms. The van der Waals surface area contributed by atoms with Crippen molar-refractivity contribution in [3.05, 3.63) is 34.9 Å². The number of carbonyl (C=O) groups excluding carboxylic acids is 2. The first-order valence-corrected chi connectivity index (χ1v) is 4.96. The van der Waals surface area contributed by atoms with Gasteiger partial charge in [-0.05, 0) is 24.6 Å². The number of amides is 1. The third-order valence-corrected chi connectivity index (χ3v) is 2.02. The first-order chi connectivity index (χ1) is 7.08. The molecule has 1 amide bonds. The average molecular weight is 226 g/mol. The fraction of sp³-hybridized carbons (Fsp3) is 0.273. The lowest BCUT2D eigenvalue weighted by Gasteiger charge is -2.04. The van der Waals surface area contributed by atoms with Gasteiger partial charge in [-0.2, -0.15) is 0 Å². The van der Waals surface area contributed by atoms with Gasteiger partial charge in [0.05, 0.1) is 6.42 Å². The highest BCUT2D eigenvalue weighted by atomic mass is 35.5. The van der Waals surface area contributed by atoms with E-state index in [2.05, 4.69) is 5.32 Å². The standard InChI is InChI=1S/C11H12ClNO2/c1-8(14)5-11(15)13-7-9-3-2-4-10(12)6-9/h2-4,6H,5,7H2,1H3,(H,13,15). The van der Waals surface area contributed by atoms with Crippen molar-refractivity contribution in [1.82, 2.24) is 5.32 Å². The van der Waals surface area contributed by atoms with Crippen LogP contribution in [0.2, 0.25) is 5.02 Å². The zero-order valence-corrected chi connectivity index (χ0v) is 9.17. The number of ketones is 1. The van der Waals surface area contributed by atoms with Crippen LogP contribution in [0.5, 0.6) is 0 Å². The van der Waals surface area contributed by atoms with E-state index < -0.39 is 0 Å². The zero-order valence-electron chi connectivity index (χ0n) is 8.42. The van der Waals surface area contributed by atoms with E-state index in [9.17, 15) is 9.59 Å². The molecule has 0 spiro atoms. The Bertz CT molecular complexity index is 377. The lowest BCUT2D eigenvalue weighted by atomic mass is 10.2. The van der Waals surface area contributed by atoms with Crippen molar-refractivity contribution in [1.29, 1.82) is 0 Å². The van der Waals surface area contributed by atoms with Crippen LogP contribution in [0.3, 0.4) is 0 Å². The van der Waals surface area contributed by atoms with Crippen molar-refractivity contribution in [3.63, 3.8) is 0 Å². The topological polar surface area (TPSA) is 46.2 Å². The van der Waals surface area contributed by atoms with Crippen LogP contribution in [-0.4, -0.2) is 11.7 Å². The number of nitrogens with one attached hydrogen (secondary N) is 1. The van der Waals surface area contributed by atoms with E-state index in [0.717, 1.165) is 5.56 Å². The Morgan fingerprint density at radius 3 is 2.73 bits per heavy atom. The van der Waals surface area contributed by atoms with Gasteiger partial charge in [-0.25, -0.2) is 0 Å². The van der Waals surface area contributed by atoms with E-state index in [-0.39, 0.29) is 18.1 Å². The fourth-order valence-electron chi connectivity index (χ4n) is 1.14. The van der Waals surface area contributed by atoms with E-state index in [1.165, 1.54) is 6.92 Å². The summed E-state index contributed by atoms with van der Waals surface area (Å²) >= 11 is 5.78. The second-order valence-corrected chi connectivity index (χ2v) is 3.72. The SMILES string of the molecule is CC(=O)CC(=O)NCc1cccc(Cl)c1. The van der Waals surface area contributed by atoms with Crippen LogP contribution < -0.4 is 5.32 Å². The van der Waals surface area contributed by atoms with Gasteiger partial charge >= 0.3 is 0 Å². The Balaban J connectivity index is 2.43. The molecular weight excluding hydrogens is 214 g/mol. The van der Waals surface area contributed by atoms with E-state index in [4.69, 9.17) is 11.6 Å². The van der Waals surface area contributed by atoms with Gasteiger partial charge in [0.25, 0.3) is 0 Å². The summed E-state index contributed by atoms with van der Waals surface area (Å²) in [6.45, 7) is 1.78. The average Bonchev–Trinajstić information content (AvgIpc) is 2.14. The zero-order chi connectivity index (χ0) is 11.3. The molecule has 0 unspecified atom stereocenters. The van der Waals surface area contributed by atoms with Gasteiger partial charge in [0, 0.05) is 11.6 Å².